The third kappa shape index (κ3) is 2.10. The Kier molecular flexibility index (Phi) is 3.33. The van der Waals surface area contributed by atoms with Crippen molar-refractivity contribution in [2.75, 3.05) is 4.61 Å². The lowest BCUT2D eigenvalue weighted by molar-refractivity contribution is 0.0693. The van der Waals surface area contributed by atoms with Gasteiger partial charge >= 0.3 is 5.97 Å². The monoisotopic (exact) mass is 278 g/mol. The van der Waals surface area contributed by atoms with E-state index < -0.39 is 5.97 Å². The molecule has 1 aromatic carbocycles. The molecular formula is C8H7IO3. The number of rotatable bonds is 3. The van der Waals surface area contributed by atoms with E-state index in [1.54, 1.807) is 18.2 Å². The molecule has 0 saturated heterocycles. The van der Waals surface area contributed by atoms with Gasteiger partial charge in [-0.2, -0.15) is 0 Å². The zero-order valence-corrected chi connectivity index (χ0v) is 8.32. The van der Waals surface area contributed by atoms with E-state index in [1.165, 1.54) is 6.07 Å². The molecule has 0 bridgehead atoms. The molecule has 3 nitrogen and oxygen atoms in total. The first-order valence-corrected chi connectivity index (χ1v) is 4.79. The van der Waals surface area contributed by atoms with Gasteiger partial charge in [-0.1, -0.05) is 12.1 Å². The summed E-state index contributed by atoms with van der Waals surface area (Å²) < 4.78 is 5.55. The molecule has 0 aromatic heterocycles. The maximum atomic E-state index is 10.6. The van der Waals surface area contributed by atoms with Crippen LogP contribution in [0.5, 0.6) is 5.75 Å². The fourth-order valence-electron chi connectivity index (χ4n) is 0.828. The van der Waals surface area contributed by atoms with Crippen LogP contribution in [0, 0.1) is 0 Å². The van der Waals surface area contributed by atoms with Crippen LogP contribution in [0.4, 0.5) is 0 Å². The van der Waals surface area contributed by atoms with E-state index in [0.717, 1.165) is 0 Å². The van der Waals surface area contributed by atoms with Crippen molar-refractivity contribution in [3.05, 3.63) is 29.8 Å². The summed E-state index contributed by atoms with van der Waals surface area (Å²) in [5.41, 5.74) is 0.203. The molecule has 1 N–H and O–H groups in total. The van der Waals surface area contributed by atoms with E-state index >= 15 is 0 Å². The fourth-order valence-corrected chi connectivity index (χ4v) is 1.16. The topological polar surface area (TPSA) is 46.5 Å². The van der Waals surface area contributed by atoms with Gasteiger partial charge < -0.3 is 9.84 Å². The van der Waals surface area contributed by atoms with Gasteiger partial charge in [0.25, 0.3) is 0 Å². The van der Waals surface area contributed by atoms with Gasteiger partial charge in [0, 0.05) is 0 Å². The van der Waals surface area contributed by atoms with Gasteiger partial charge in [0.2, 0.25) is 0 Å². The van der Waals surface area contributed by atoms with Crippen molar-refractivity contribution in [2.45, 2.75) is 0 Å². The van der Waals surface area contributed by atoms with E-state index in [-0.39, 0.29) is 5.56 Å². The third-order valence-electron chi connectivity index (χ3n) is 1.33. The van der Waals surface area contributed by atoms with Crippen LogP contribution in [0.1, 0.15) is 10.4 Å². The molecule has 0 saturated carbocycles. The molecule has 0 radical (unpaired) electrons. The summed E-state index contributed by atoms with van der Waals surface area (Å²) in [5, 5.41) is 8.71. The summed E-state index contributed by atoms with van der Waals surface area (Å²) in [6.45, 7) is 0. The number of para-hydroxylation sites is 1. The van der Waals surface area contributed by atoms with Crippen LogP contribution in [0.3, 0.4) is 0 Å². The Labute approximate surface area is 83.5 Å². The second-order valence-electron chi connectivity index (χ2n) is 2.05. The molecule has 1 aromatic rings. The van der Waals surface area contributed by atoms with E-state index in [4.69, 9.17) is 9.84 Å². The Hall–Kier alpha value is -0.780. The normalized spacial score (nSPS) is 9.42. The summed E-state index contributed by atoms with van der Waals surface area (Å²) in [4.78, 5) is 10.6. The Bertz CT molecular complexity index is 285. The van der Waals surface area contributed by atoms with E-state index in [1.807, 2.05) is 22.6 Å². The Morgan fingerprint density at radius 2 is 2.17 bits per heavy atom. The number of aromatic carboxylic acids is 1. The first kappa shape index (κ1) is 9.31. The maximum absolute atomic E-state index is 10.6. The minimum atomic E-state index is -0.963. The van der Waals surface area contributed by atoms with Crippen molar-refractivity contribution >= 4 is 28.6 Å². The number of ether oxygens (including phenoxy) is 1. The zero-order valence-electron chi connectivity index (χ0n) is 6.16. The predicted molar refractivity (Wildman–Crippen MR) is 52.9 cm³/mol. The highest BCUT2D eigenvalue weighted by Crippen LogP contribution is 2.17. The van der Waals surface area contributed by atoms with Gasteiger partial charge in [0.15, 0.2) is 0 Å². The number of halogens is 1. The zero-order chi connectivity index (χ0) is 8.97. The third-order valence-corrected chi connectivity index (χ3v) is 1.64. The van der Waals surface area contributed by atoms with Crippen molar-refractivity contribution in [3.63, 3.8) is 0 Å². The summed E-state index contributed by atoms with van der Waals surface area (Å²) in [7, 11) is 0. The lowest BCUT2D eigenvalue weighted by Crippen LogP contribution is -2.00. The highest BCUT2D eigenvalue weighted by atomic mass is 127. The first-order valence-electron chi connectivity index (χ1n) is 3.27. The summed E-state index contributed by atoms with van der Waals surface area (Å²) in [5.74, 6) is -0.546. The molecule has 0 atom stereocenters. The number of carbonyl (C=O) groups is 1. The van der Waals surface area contributed by atoms with Gasteiger partial charge in [-0.3, -0.25) is 0 Å². The standard InChI is InChI=1S/C8H7IO3/c9-5-12-7-4-2-1-3-6(7)8(10)11/h1-4H,5H2,(H,10,11). The molecule has 0 aliphatic carbocycles. The maximum Gasteiger partial charge on any atom is 0.339 e. The number of alkyl halides is 1. The smallest absolute Gasteiger partial charge is 0.339 e. The number of hydrogen-bond acceptors (Lipinski definition) is 2. The van der Waals surface area contributed by atoms with Crippen molar-refractivity contribution in [1.82, 2.24) is 0 Å². The van der Waals surface area contributed by atoms with Crippen molar-refractivity contribution in [1.29, 1.82) is 0 Å². The minimum Gasteiger partial charge on any atom is -0.482 e. The highest BCUT2D eigenvalue weighted by Gasteiger charge is 2.08. The summed E-state index contributed by atoms with van der Waals surface area (Å²) in [6, 6.07) is 6.57. The SMILES string of the molecule is O=C(O)c1ccccc1OCI. The number of hydrogen-bond donors (Lipinski definition) is 1. The average molecular weight is 278 g/mol. The summed E-state index contributed by atoms with van der Waals surface area (Å²) in [6.07, 6.45) is 0. The molecule has 0 fully saturated rings. The van der Waals surface area contributed by atoms with Gasteiger partial charge in [-0.25, -0.2) is 4.79 Å². The second kappa shape index (κ2) is 4.30. The van der Waals surface area contributed by atoms with Crippen LogP contribution in [-0.2, 0) is 0 Å². The molecule has 0 spiro atoms. The molecule has 4 heteroatoms. The largest absolute Gasteiger partial charge is 0.482 e. The molecule has 0 heterocycles. The summed E-state index contributed by atoms with van der Waals surface area (Å²) >= 11 is 2.02. The number of carboxylic acids is 1. The predicted octanol–water partition coefficient (Wildman–Crippen LogP) is 2.16. The molecule has 0 amide bonds. The van der Waals surface area contributed by atoms with Gasteiger partial charge in [-0.05, 0) is 34.7 Å². The average Bonchev–Trinajstić information content (AvgIpc) is 2.05. The highest BCUT2D eigenvalue weighted by molar-refractivity contribution is 14.1. The molecule has 0 aliphatic rings. The van der Waals surface area contributed by atoms with Crippen LogP contribution >= 0.6 is 22.6 Å². The van der Waals surface area contributed by atoms with Crippen LogP contribution in [0.25, 0.3) is 0 Å². The van der Waals surface area contributed by atoms with Gasteiger partial charge in [-0.15, -0.1) is 0 Å². The van der Waals surface area contributed by atoms with Crippen LogP contribution in [0.15, 0.2) is 24.3 Å². The lowest BCUT2D eigenvalue weighted by atomic mass is 10.2. The molecule has 64 valence electrons. The van der Waals surface area contributed by atoms with Crippen LogP contribution in [-0.4, -0.2) is 15.7 Å². The van der Waals surface area contributed by atoms with E-state index in [9.17, 15) is 4.79 Å². The van der Waals surface area contributed by atoms with Crippen molar-refractivity contribution < 1.29 is 14.6 Å². The Morgan fingerprint density at radius 1 is 1.50 bits per heavy atom. The van der Waals surface area contributed by atoms with E-state index in [0.29, 0.717) is 10.4 Å². The molecular weight excluding hydrogens is 271 g/mol. The van der Waals surface area contributed by atoms with Gasteiger partial charge in [0.1, 0.15) is 15.9 Å². The minimum absolute atomic E-state index is 0.203. The second-order valence-corrected chi connectivity index (χ2v) is 2.68. The first-order chi connectivity index (χ1) is 5.75. The molecule has 0 aliphatic heterocycles. The lowest BCUT2D eigenvalue weighted by Gasteiger charge is -2.04. The van der Waals surface area contributed by atoms with Crippen molar-refractivity contribution in [3.8, 4) is 5.75 Å². The number of carboxylic acid groups (broad SMARTS) is 1. The quantitative estimate of drug-likeness (QED) is 0.680. The van der Waals surface area contributed by atoms with Crippen LogP contribution in [0.2, 0.25) is 0 Å². The van der Waals surface area contributed by atoms with Crippen molar-refractivity contribution in [2.24, 2.45) is 0 Å². The molecule has 1 rings (SSSR count). The Balaban J connectivity index is 3.00. The molecule has 0 unspecified atom stereocenters. The van der Waals surface area contributed by atoms with Gasteiger partial charge in [0.05, 0.1) is 0 Å². The molecule has 12 heavy (non-hydrogen) atoms. The Morgan fingerprint density at radius 3 is 2.75 bits per heavy atom. The number of benzene rings is 1. The van der Waals surface area contributed by atoms with Crippen LogP contribution < -0.4 is 4.74 Å². The van der Waals surface area contributed by atoms with E-state index in [2.05, 4.69) is 0 Å². The fraction of sp³-hybridized carbons (Fsp3) is 0.125.